The molecule has 27 heavy (non-hydrogen) atoms. The van der Waals surface area contributed by atoms with Crippen LogP contribution in [0.4, 0.5) is 5.69 Å². The molecule has 1 amide bonds. The summed E-state index contributed by atoms with van der Waals surface area (Å²) >= 11 is 0. The van der Waals surface area contributed by atoms with Gasteiger partial charge in [-0.05, 0) is 12.1 Å². The molecule has 1 aromatic carbocycles. The molecule has 0 unspecified atom stereocenters. The fourth-order valence-electron chi connectivity index (χ4n) is 2.88. The lowest BCUT2D eigenvalue weighted by Gasteiger charge is -2.25. The van der Waals surface area contributed by atoms with E-state index in [9.17, 15) is 9.59 Å². The molecule has 0 aliphatic carbocycles. The number of ether oxygens (including phenoxy) is 1. The van der Waals surface area contributed by atoms with E-state index < -0.39 is 14.8 Å². The fraction of sp³-hybridized carbons (Fsp3) is 0.412. The van der Waals surface area contributed by atoms with Crippen LogP contribution in [0.1, 0.15) is 0 Å². The molecular weight excluding hydrogens is 372 g/mol. The van der Waals surface area contributed by atoms with Crippen LogP contribution in [0.3, 0.4) is 0 Å². The highest BCUT2D eigenvalue weighted by atomic mass is 28.4. The summed E-state index contributed by atoms with van der Waals surface area (Å²) in [5.74, 6) is -0.986. The van der Waals surface area contributed by atoms with Crippen molar-refractivity contribution >= 4 is 31.6 Å². The van der Waals surface area contributed by atoms with Crippen molar-refractivity contribution in [1.82, 2.24) is 4.90 Å². The number of esters is 1. The van der Waals surface area contributed by atoms with Gasteiger partial charge in [0.25, 0.3) is 5.91 Å². The normalized spacial score (nSPS) is 14.7. The lowest BCUT2D eigenvalue weighted by atomic mass is 10.2. The van der Waals surface area contributed by atoms with Crippen molar-refractivity contribution in [2.24, 2.45) is 0 Å². The highest BCUT2D eigenvalue weighted by Gasteiger charge is 2.41. The molecule has 0 fully saturated rings. The summed E-state index contributed by atoms with van der Waals surface area (Å²) in [5, 5.41) is 12.8. The van der Waals surface area contributed by atoms with E-state index in [4.69, 9.17) is 23.1 Å². The topological polar surface area (TPSA) is 107 Å². The predicted molar refractivity (Wildman–Crippen MR) is 99.2 cm³/mol. The Labute approximate surface area is 158 Å². The molecule has 0 saturated heterocycles. The van der Waals surface area contributed by atoms with Crippen molar-refractivity contribution < 1.29 is 32.7 Å². The number of nitrogens with zero attached hydrogens (tertiary/aromatic N) is 1. The second-order valence-electron chi connectivity index (χ2n) is 5.67. The van der Waals surface area contributed by atoms with E-state index >= 15 is 0 Å². The number of aliphatic hydroxyl groups excluding tert-OH is 1. The first-order valence-electron chi connectivity index (χ1n) is 8.20. The van der Waals surface area contributed by atoms with E-state index in [2.05, 4.69) is 5.32 Å². The Kier molecular flexibility index (Phi) is 7.10. The van der Waals surface area contributed by atoms with Crippen molar-refractivity contribution in [2.45, 2.75) is 0 Å². The van der Waals surface area contributed by atoms with Gasteiger partial charge in [0.1, 0.15) is 5.70 Å². The molecule has 148 valence electrons. The Morgan fingerprint density at radius 1 is 1.22 bits per heavy atom. The highest BCUT2D eigenvalue weighted by Crippen LogP contribution is 2.22. The fourth-order valence-corrected chi connectivity index (χ4v) is 4.72. The van der Waals surface area contributed by atoms with Crippen LogP contribution in [0.25, 0.3) is 0 Å². The lowest BCUT2D eigenvalue weighted by Crippen LogP contribution is -2.54. The summed E-state index contributed by atoms with van der Waals surface area (Å²) in [6, 6.07) is 7.05. The Balaban J connectivity index is 2.37. The monoisotopic (exact) mass is 396 g/mol. The molecule has 1 aliphatic rings. The second kappa shape index (κ2) is 9.11. The molecule has 2 N–H and O–H groups in total. The van der Waals surface area contributed by atoms with Crippen LogP contribution in [0.5, 0.6) is 0 Å². The van der Waals surface area contributed by atoms with Crippen molar-refractivity contribution in [3.05, 3.63) is 35.5 Å². The van der Waals surface area contributed by atoms with Gasteiger partial charge in [0.15, 0.2) is 0 Å². The van der Waals surface area contributed by atoms with Gasteiger partial charge >= 0.3 is 14.8 Å². The van der Waals surface area contributed by atoms with Gasteiger partial charge in [0.05, 0.1) is 25.8 Å². The van der Waals surface area contributed by atoms with Crippen LogP contribution in [0, 0.1) is 0 Å². The molecule has 1 heterocycles. The summed E-state index contributed by atoms with van der Waals surface area (Å²) in [4.78, 5) is 26.0. The van der Waals surface area contributed by atoms with Crippen LogP contribution in [-0.4, -0.2) is 78.8 Å². The molecule has 0 aromatic heterocycles. The SMILES string of the molecule is COC(=O)C1=C(Nc2cccc([Si](OC)(OC)OC)c2)C(=O)N(CCO)C1. The summed E-state index contributed by atoms with van der Waals surface area (Å²) in [6.45, 7) is -0.00875. The molecule has 2 rings (SSSR count). The van der Waals surface area contributed by atoms with Crippen molar-refractivity contribution in [3.63, 3.8) is 0 Å². The van der Waals surface area contributed by atoms with Crippen molar-refractivity contribution in [2.75, 3.05) is 53.5 Å². The van der Waals surface area contributed by atoms with Gasteiger partial charge in [-0.2, -0.15) is 0 Å². The highest BCUT2D eigenvalue weighted by molar-refractivity contribution is 6.75. The number of benzene rings is 1. The van der Waals surface area contributed by atoms with Crippen molar-refractivity contribution in [3.8, 4) is 0 Å². The maximum atomic E-state index is 12.6. The first kappa shape index (κ1) is 21.1. The van der Waals surface area contributed by atoms with E-state index in [0.29, 0.717) is 10.9 Å². The van der Waals surface area contributed by atoms with E-state index in [0.717, 1.165) is 0 Å². The first-order chi connectivity index (χ1) is 13.0. The lowest BCUT2D eigenvalue weighted by molar-refractivity contribution is -0.136. The number of β-amino-alcohol motifs (C(OH)–C–C–N with tert-alkyl or cyclic N) is 1. The van der Waals surface area contributed by atoms with Crippen LogP contribution in [0.15, 0.2) is 35.5 Å². The summed E-state index contributed by atoms with van der Waals surface area (Å²) in [5.41, 5.74) is 0.883. The maximum absolute atomic E-state index is 12.6. The van der Waals surface area contributed by atoms with Gasteiger partial charge in [0, 0.05) is 38.7 Å². The Morgan fingerprint density at radius 3 is 2.44 bits per heavy atom. The number of rotatable bonds is 9. The third-order valence-corrected chi connectivity index (χ3v) is 6.88. The van der Waals surface area contributed by atoms with E-state index in [1.807, 2.05) is 0 Å². The minimum absolute atomic E-state index is 0.0704. The third-order valence-electron chi connectivity index (χ3n) is 4.25. The Hall–Kier alpha value is -2.24. The zero-order chi connectivity index (χ0) is 20.0. The van der Waals surface area contributed by atoms with Crippen LogP contribution in [-0.2, 0) is 27.6 Å². The number of hydrogen-bond donors (Lipinski definition) is 2. The molecule has 1 aromatic rings. The van der Waals surface area contributed by atoms with E-state index in [1.165, 1.54) is 33.3 Å². The summed E-state index contributed by atoms with van der Waals surface area (Å²) in [6.07, 6.45) is 0. The molecule has 0 atom stereocenters. The number of methoxy groups -OCH3 is 1. The molecule has 1 aliphatic heterocycles. The smallest absolute Gasteiger partial charge is 0.466 e. The minimum Gasteiger partial charge on any atom is -0.466 e. The van der Waals surface area contributed by atoms with Gasteiger partial charge in [-0.1, -0.05) is 12.1 Å². The van der Waals surface area contributed by atoms with Crippen LogP contribution >= 0.6 is 0 Å². The Bertz CT molecular complexity index is 725. The van der Waals surface area contributed by atoms with Gasteiger partial charge in [-0.3, -0.25) is 4.79 Å². The standard InChI is InChI=1S/C17H24N2O7Si/c1-23-17(22)14-11-19(8-9-20)16(21)15(14)18-12-6-5-7-13(10-12)27(24-2,25-3)26-4/h5-7,10,18,20H,8-9,11H2,1-4H3. The molecular formula is C17H24N2O7Si. The van der Waals surface area contributed by atoms with Crippen LogP contribution in [0.2, 0.25) is 0 Å². The average molecular weight is 396 g/mol. The van der Waals surface area contributed by atoms with Gasteiger partial charge in [-0.15, -0.1) is 0 Å². The number of aliphatic hydroxyl groups is 1. The summed E-state index contributed by atoms with van der Waals surface area (Å²) < 4.78 is 21.2. The number of hydrogen-bond acceptors (Lipinski definition) is 8. The number of carbonyl (C=O) groups is 2. The Morgan fingerprint density at radius 2 is 1.89 bits per heavy atom. The zero-order valence-electron chi connectivity index (χ0n) is 15.8. The minimum atomic E-state index is -3.05. The summed E-state index contributed by atoms with van der Waals surface area (Å²) in [7, 11) is 2.72. The zero-order valence-corrected chi connectivity index (χ0v) is 16.8. The quantitative estimate of drug-likeness (QED) is 0.423. The number of amides is 1. The number of nitrogens with one attached hydrogen (secondary N) is 1. The molecule has 0 radical (unpaired) electrons. The molecule has 9 nitrogen and oxygen atoms in total. The number of anilines is 1. The van der Waals surface area contributed by atoms with Gasteiger partial charge in [0.2, 0.25) is 0 Å². The van der Waals surface area contributed by atoms with E-state index in [-0.39, 0.29) is 36.9 Å². The molecule has 0 spiro atoms. The second-order valence-corrected chi connectivity index (χ2v) is 8.58. The number of carbonyl (C=O) groups excluding carboxylic acids is 2. The van der Waals surface area contributed by atoms with Crippen molar-refractivity contribution in [1.29, 1.82) is 0 Å². The van der Waals surface area contributed by atoms with Crippen LogP contribution < -0.4 is 10.5 Å². The molecule has 0 saturated carbocycles. The molecule has 10 heteroatoms. The van der Waals surface area contributed by atoms with E-state index in [1.54, 1.807) is 24.3 Å². The average Bonchev–Trinajstić information content (AvgIpc) is 3.00. The maximum Gasteiger partial charge on any atom is 0.536 e. The molecule has 0 bridgehead atoms. The largest absolute Gasteiger partial charge is 0.536 e. The van der Waals surface area contributed by atoms with Gasteiger partial charge in [-0.25, -0.2) is 4.79 Å². The first-order valence-corrected chi connectivity index (χ1v) is 9.93. The van der Waals surface area contributed by atoms with Gasteiger partial charge < -0.3 is 33.3 Å². The third kappa shape index (κ3) is 4.20. The predicted octanol–water partition coefficient (Wildman–Crippen LogP) is -0.555.